The van der Waals surface area contributed by atoms with E-state index in [0.717, 1.165) is 25.7 Å². The van der Waals surface area contributed by atoms with Gasteiger partial charge in [0.25, 0.3) is 0 Å². The molecule has 1 saturated carbocycles. The van der Waals surface area contributed by atoms with Crippen molar-refractivity contribution in [1.29, 1.82) is 0 Å². The quantitative estimate of drug-likeness (QED) is 0.793. The zero-order valence-electron chi connectivity index (χ0n) is 13.3. The van der Waals surface area contributed by atoms with Gasteiger partial charge in [-0.15, -0.1) is 0 Å². The Balaban J connectivity index is 1.77. The van der Waals surface area contributed by atoms with Crippen molar-refractivity contribution >= 4 is 10.0 Å². The minimum Gasteiger partial charge on any atom is -0.393 e. The number of aliphatic hydroxyl groups excluding tert-OH is 1. The van der Waals surface area contributed by atoms with Gasteiger partial charge in [0.15, 0.2) is 0 Å². The lowest BCUT2D eigenvalue weighted by molar-refractivity contribution is 0.0956. The molecule has 4 nitrogen and oxygen atoms in total. The van der Waals surface area contributed by atoms with E-state index in [1.165, 1.54) is 44.8 Å². The molecule has 2 aliphatic rings. The third-order valence-electron chi connectivity index (χ3n) is 5.14. The molecule has 0 aromatic heterocycles. The van der Waals surface area contributed by atoms with E-state index in [4.69, 9.17) is 0 Å². The normalized spacial score (nSPS) is 28.2. The third-order valence-corrected chi connectivity index (χ3v) is 6.41. The van der Waals surface area contributed by atoms with E-state index in [1.54, 1.807) is 4.31 Å². The predicted octanol–water partition coefficient (Wildman–Crippen LogP) is 2.77. The summed E-state index contributed by atoms with van der Waals surface area (Å²) in [6.07, 6.45) is 12.5. The van der Waals surface area contributed by atoms with Crippen LogP contribution >= 0.6 is 0 Å². The van der Waals surface area contributed by atoms with Crippen LogP contribution in [0.4, 0.5) is 0 Å². The molecule has 124 valence electrons. The van der Waals surface area contributed by atoms with Crippen LogP contribution in [0.1, 0.15) is 64.2 Å². The molecular weight excluding hydrogens is 286 g/mol. The second kappa shape index (κ2) is 7.93. The monoisotopic (exact) mass is 317 g/mol. The van der Waals surface area contributed by atoms with Crippen LogP contribution in [0.5, 0.6) is 0 Å². The van der Waals surface area contributed by atoms with Gasteiger partial charge < -0.3 is 5.11 Å². The number of hydrogen-bond donors (Lipinski definition) is 1. The van der Waals surface area contributed by atoms with E-state index in [9.17, 15) is 13.5 Å². The second-order valence-corrected chi connectivity index (χ2v) is 9.09. The van der Waals surface area contributed by atoms with Gasteiger partial charge in [0.05, 0.1) is 12.4 Å². The lowest BCUT2D eigenvalue weighted by Crippen LogP contribution is -2.40. The molecule has 0 spiro atoms. The van der Waals surface area contributed by atoms with Gasteiger partial charge in [0.2, 0.25) is 10.0 Å². The molecule has 5 heteroatoms. The van der Waals surface area contributed by atoms with Crippen LogP contribution in [0, 0.1) is 11.8 Å². The molecule has 2 fully saturated rings. The molecule has 0 aromatic rings. The number of hydrogen-bond acceptors (Lipinski definition) is 3. The maximum atomic E-state index is 11.6. The molecular formula is C16H31NO3S. The maximum Gasteiger partial charge on any atom is 0.211 e. The van der Waals surface area contributed by atoms with E-state index in [-0.39, 0.29) is 6.10 Å². The first-order chi connectivity index (χ1) is 9.95. The summed E-state index contributed by atoms with van der Waals surface area (Å²) in [6.45, 7) is 1.24. The summed E-state index contributed by atoms with van der Waals surface area (Å²) >= 11 is 0. The first kappa shape index (κ1) is 17.2. The van der Waals surface area contributed by atoms with Crippen LogP contribution in [0.3, 0.4) is 0 Å². The maximum absolute atomic E-state index is 11.6. The first-order valence-corrected chi connectivity index (χ1v) is 10.4. The highest BCUT2D eigenvalue weighted by atomic mass is 32.2. The number of rotatable bonds is 5. The Hall–Kier alpha value is -0.130. The van der Waals surface area contributed by atoms with Gasteiger partial charge in [-0.1, -0.05) is 38.5 Å². The van der Waals surface area contributed by atoms with Crippen LogP contribution in [-0.4, -0.2) is 43.3 Å². The van der Waals surface area contributed by atoms with Gasteiger partial charge >= 0.3 is 0 Å². The highest BCUT2D eigenvalue weighted by Crippen LogP contribution is 2.29. The van der Waals surface area contributed by atoms with Crippen molar-refractivity contribution < 1.29 is 13.5 Å². The molecule has 2 atom stereocenters. The molecule has 1 aliphatic carbocycles. The lowest BCUT2D eigenvalue weighted by Gasteiger charge is -2.32. The summed E-state index contributed by atoms with van der Waals surface area (Å²) in [4.78, 5) is 0. The number of aliphatic hydroxyl groups is 1. The minimum atomic E-state index is -3.07. The Morgan fingerprint density at radius 3 is 2.19 bits per heavy atom. The van der Waals surface area contributed by atoms with Crippen molar-refractivity contribution in [3.05, 3.63) is 0 Å². The average Bonchev–Trinajstić information content (AvgIpc) is 2.66. The summed E-state index contributed by atoms with van der Waals surface area (Å²) in [7, 11) is -3.07. The molecule has 2 rings (SSSR count). The highest BCUT2D eigenvalue weighted by molar-refractivity contribution is 7.88. The fourth-order valence-electron chi connectivity index (χ4n) is 3.99. The molecule has 1 saturated heterocycles. The molecule has 0 bridgehead atoms. The summed E-state index contributed by atoms with van der Waals surface area (Å²) < 4.78 is 24.9. The zero-order valence-corrected chi connectivity index (χ0v) is 14.2. The third kappa shape index (κ3) is 5.87. The smallest absolute Gasteiger partial charge is 0.211 e. The summed E-state index contributed by atoms with van der Waals surface area (Å²) in [5.41, 5.74) is 0. The first-order valence-electron chi connectivity index (χ1n) is 8.58. The standard InChI is InChI=1S/C16H31NO3S/c1-21(19,20)17-10-6-9-15(13-17)12-16(18)11-14-7-4-2-3-5-8-14/h14-16,18H,2-13H2,1H3. The van der Waals surface area contributed by atoms with Gasteiger partial charge in [0, 0.05) is 13.1 Å². The van der Waals surface area contributed by atoms with Crippen molar-refractivity contribution in [3.8, 4) is 0 Å². The van der Waals surface area contributed by atoms with Crippen molar-refractivity contribution in [3.63, 3.8) is 0 Å². The predicted molar refractivity (Wildman–Crippen MR) is 85.6 cm³/mol. The van der Waals surface area contributed by atoms with E-state index < -0.39 is 10.0 Å². The fraction of sp³-hybridized carbons (Fsp3) is 1.00. The molecule has 0 aromatic carbocycles. The number of nitrogens with zero attached hydrogens (tertiary/aromatic N) is 1. The summed E-state index contributed by atoms with van der Waals surface area (Å²) in [5, 5.41) is 10.4. The van der Waals surface area contributed by atoms with Gasteiger partial charge in [-0.2, -0.15) is 0 Å². The van der Waals surface area contributed by atoms with Crippen molar-refractivity contribution in [2.24, 2.45) is 11.8 Å². The van der Waals surface area contributed by atoms with Gasteiger partial charge in [-0.3, -0.25) is 0 Å². The van der Waals surface area contributed by atoms with Crippen molar-refractivity contribution in [2.45, 2.75) is 70.3 Å². The molecule has 0 radical (unpaired) electrons. The molecule has 1 heterocycles. The SMILES string of the molecule is CS(=O)(=O)N1CCCC(CC(O)CC2CCCCCC2)C1. The largest absolute Gasteiger partial charge is 0.393 e. The average molecular weight is 317 g/mol. The Bertz CT molecular complexity index is 402. The highest BCUT2D eigenvalue weighted by Gasteiger charge is 2.28. The minimum absolute atomic E-state index is 0.252. The van der Waals surface area contributed by atoms with E-state index in [1.807, 2.05) is 0 Å². The Morgan fingerprint density at radius 1 is 1.00 bits per heavy atom. The van der Waals surface area contributed by atoms with Crippen LogP contribution in [0.25, 0.3) is 0 Å². The van der Waals surface area contributed by atoms with Crippen LogP contribution in [-0.2, 0) is 10.0 Å². The Kier molecular flexibility index (Phi) is 6.51. The molecule has 0 amide bonds. The van der Waals surface area contributed by atoms with Crippen molar-refractivity contribution in [1.82, 2.24) is 4.31 Å². The summed E-state index contributed by atoms with van der Waals surface area (Å²) in [5.74, 6) is 1.01. The van der Waals surface area contributed by atoms with E-state index in [2.05, 4.69) is 0 Å². The lowest BCUT2D eigenvalue weighted by atomic mass is 9.87. The zero-order chi connectivity index (χ0) is 15.3. The topological polar surface area (TPSA) is 57.6 Å². The summed E-state index contributed by atoms with van der Waals surface area (Å²) in [6, 6.07) is 0. The van der Waals surface area contributed by atoms with Gasteiger partial charge in [-0.25, -0.2) is 12.7 Å². The van der Waals surface area contributed by atoms with Crippen LogP contribution in [0.15, 0.2) is 0 Å². The number of piperidine rings is 1. The van der Waals surface area contributed by atoms with Crippen LogP contribution < -0.4 is 0 Å². The van der Waals surface area contributed by atoms with Gasteiger partial charge in [0.1, 0.15) is 0 Å². The van der Waals surface area contributed by atoms with Gasteiger partial charge in [-0.05, 0) is 37.5 Å². The molecule has 21 heavy (non-hydrogen) atoms. The second-order valence-electron chi connectivity index (χ2n) is 7.11. The number of sulfonamides is 1. The van der Waals surface area contributed by atoms with Crippen molar-refractivity contribution in [2.75, 3.05) is 19.3 Å². The van der Waals surface area contributed by atoms with E-state index in [0.29, 0.717) is 24.9 Å². The Labute approximate surface area is 130 Å². The molecule has 2 unspecified atom stereocenters. The molecule has 1 N–H and O–H groups in total. The molecule has 1 aliphatic heterocycles. The Morgan fingerprint density at radius 2 is 1.57 bits per heavy atom. The fourth-order valence-corrected chi connectivity index (χ4v) is 4.93. The van der Waals surface area contributed by atoms with Crippen LogP contribution in [0.2, 0.25) is 0 Å². The van der Waals surface area contributed by atoms with E-state index >= 15 is 0 Å².